The summed E-state index contributed by atoms with van der Waals surface area (Å²) < 4.78 is 22.3. The van der Waals surface area contributed by atoms with Crippen LogP contribution in [0.5, 0.6) is 23.0 Å². The molecule has 36 heavy (non-hydrogen) atoms. The van der Waals surface area contributed by atoms with Gasteiger partial charge in [-0.1, -0.05) is 35.4 Å². The summed E-state index contributed by atoms with van der Waals surface area (Å²) in [5, 5.41) is 3.50. The van der Waals surface area contributed by atoms with Crippen LogP contribution in [0.4, 0.5) is 0 Å². The summed E-state index contributed by atoms with van der Waals surface area (Å²) in [5.41, 5.74) is 4.05. The van der Waals surface area contributed by atoms with Crippen molar-refractivity contribution in [2.45, 2.75) is 25.8 Å². The highest BCUT2D eigenvalue weighted by Gasteiger charge is 2.32. The fourth-order valence-electron chi connectivity index (χ4n) is 4.63. The van der Waals surface area contributed by atoms with Gasteiger partial charge in [0.1, 0.15) is 0 Å². The number of rotatable bonds is 6. The maximum Gasteiger partial charge on any atom is 0.251 e. The molecule has 0 radical (unpaired) electrons. The Hall–Kier alpha value is -3.71. The lowest BCUT2D eigenvalue weighted by Crippen LogP contribution is -2.29. The molecule has 1 aliphatic rings. The van der Waals surface area contributed by atoms with E-state index in [2.05, 4.69) is 5.32 Å². The molecular weight excluding hydrogens is 482 g/mol. The van der Waals surface area contributed by atoms with Gasteiger partial charge in [0.05, 0.1) is 39.5 Å². The van der Waals surface area contributed by atoms with Crippen molar-refractivity contribution in [1.29, 1.82) is 0 Å². The Morgan fingerprint density at radius 2 is 1.58 bits per heavy atom. The second-order valence-electron chi connectivity index (χ2n) is 8.48. The molecule has 0 saturated heterocycles. The largest absolute Gasteiger partial charge is 0.493 e. The Morgan fingerprint density at radius 1 is 0.917 bits per heavy atom. The molecule has 0 saturated carbocycles. The molecule has 188 valence electrons. The van der Waals surface area contributed by atoms with Gasteiger partial charge in [0.2, 0.25) is 11.2 Å². The summed E-state index contributed by atoms with van der Waals surface area (Å²) in [7, 11) is 6.00. The van der Waals surface area contributed by atoms with Gasteiger partial charge in [-0.15, -0.1) is 0 Å². The Kier molecular flexibility index (Phi) is 7.40. The zero-order valence-corrected chi connectivity index (χ0v) is 21.6. The predicted octanol–water partition coefficient (Wildman–Crippen LogP) is 5.13. The van der Waals surface area contributed by atoms with E-state index >= 15 is 0 Å². The molecular formula is C28H28ClNO6. The van der Waals surface area contributed by atoms with E-state index < -0.39 is 6.04 Å². The number of benzene rings is 2. The summed E-state index contributed by atoms with van der Waals surface area (Å²) >= 11 is 6.83. The van der Waals surface area contributed by atoms with Crippen molar-refractivity contribution in [1.82, 2.24) is 5.32 Å². The van der Waals surface area contributed by atoms with E-state index in [-0.39, 0.29) is 17.1 Å². The number of nitrogens with one attached hydrogen (secondary N) is 1. The van der Waals surface area contributed by atoms with Crippen molar-refractivity contribution in [3.05, 3.63) is 80.0 Å². The molecule has 4 rings (SSSR count). The van der Waals surface area contributed by atoms with Gasteiger partial charge in [0, 0.05) is 11.1 Å². The van der Waals surface area contributed by atoms with Crippen molar-refractivity contribution >= 4 is 17.5 Å². The monoisotopic (exact) mass is 509 g/mol. The topological polar surface area (TPSA) is 83.1 Å². The lowest BCUT2D eigenvalue weighted by molar-refractivity contribution is 0.0935. The van der Waals surface area contributed by atoms with Crippen molar-refractivity contribution in [3.63, 3.8) is 0 Å². The maximum atomic E-state index is 13.2. The van der Waals surface area contributed by atoms with Crippen LogP contribution in [0.15, 0.2) is 47.3 Å². The van der Waals surface area contributed by atoms with Crippen LogP contribution in [-0.4, -0.2) is 34.3 Å². The molecule has 0 aromatic heterocycles. The first-order valence-electron chi connectivity index (χ1n) is 11.4. The van der Waals surface area contributed by atoms with Crippen LogP contribution >= 0.6 is 11.6 Å². The fourth-order valence-corrected chi connectivity index (χ4v) is 4.99. The van der Waals surface area contributed by atoms with Crippen LogP contribution in [0.2, 0.25) is 5.02 Å². The third kappa shape index (κ3) is 4.46. The third-order valence-corrected chi connectivity index (χ3v) is 6.83. The first kappa shape index (κ1) is 25.4. The van der Waals surface area contributed by atoms with Crippen LogP contribution < -0.4 is 29.7 Å². The van der Waals surface area contributed by atoms with E-state index in [1.54, 1.807) is 24.3 Å². The summed E-state index contributed by atoms with van der Waals surface area (Å²) in [6, 6.07) is 11.7. The predicted molar refractivity (Wildman–Crippen MR) is 139 cm³/mol. The molecule has 1 amide bonds. The normalized spacial score (nSPS) is 14.1. The zero-order valence-electron chi connectivity index (χ0n) is 20.9. The highest BCUT2D eigenvalue weighted by molar-refractivity contribution is 6.34. The first-order valence-corrected chi connectivity index (χ1v) is 11.8. The molecule has 7 nitrogen and oxygen atoms in total. The third-order valence-electron chi connectivity index (χ3n) is 6.43. The van der Waals surface area contributed by atoms with Crippen LogP contribution in [-0.2, 0) is 6.42 Å². The Labute approximate surface area is 214 Å². The zero-order chi connectivity index (χ0) is 26.0. The molecule has 0 spiro atoms. The highest BCUT2D eigenvalue weighted by atomic mass is 35.5. The quantitative estimate of drug-likeness (QED) is 0.496. The lowest BCUT2D eigenvalue weighted by Gasteiger charge is -2.21. The molecule has 1 aliphatic carbocycles. The van der Waals surface area contributed by atoms with Gasteiger partial charge in [-0.05, 0) is 60.7 Å². The van der Waals surface area contributed by atoms with Gasteiger partial charge in [0.15, 0.2) is 17.2 Å². The number of carbonyl (C=O) groups excluding carboxylic acids is 1. The molecule has 8 heteroatoms. The molecule has 0 heterocycles. The molecule has 1 N–H and O–H groups in total. The number of amides is 1. The van der Waals surface area contributed by atoms with Crippen LogP contribution in [0.25, 0.3) is 11.1 Å². The van der Waals surface area contributed by atoms with Gasteiger partial charge in [-0.3, -0.25) is 9.59 Å². The van der Waals surface area contributed by atoms with E-state index in [9.17, 15) is 9.59 Å². The Bertz CT molecular complexity index is 1370. The molecule has 1 atom stereocenters. The lowest BCUT2D eigenvalue weighted by atomic mass is 9.95. The average Bonchev–Trinajstić information content (AvgIpc) is 3.13. The molecule has 3 aromatic rings. The summed E-state index contributed by atoms with van der Waals surface area (Å²) in [4.78, 5) is 26.2. The van der Waals surface area contributed by atoms with Gasteiger partial charge in [-0.25, -0.2) is 0 Å². The number of hydrogen-bond donors (Lipinski definition) is 1. The van der Waals surface area contributed by atoms with E-state index in [1.165, 1.54) is 34.5 Å². The van der Waals surface area contributed by atoms with E-state index in [0.717, 1.165) is 11.1 Å². The smallest absolute Gasteiger partial charge is 0.251 e. The highest BCUT2D eigenvalue weighted by Crippen LogP contribution is 2.54. The van der Waals surface area contributed by atoms with Crippen molar-refractivity contribution in [3.8, 4) is 34.1 Å². The van der Waals surface area contributed by atoms with E-state index in [0.29, 0.717) is 57.4 Å². The Morgan fingerprint density at radius 3 is 2.19 bits per heavy atom. The summed E-state index contributed by atoms with van der Waals surface area (Å²) in [5.74, 6) is 1.08. The minimum atomic E-state index is -0.483. The van der Waals surface area contributed by atoms with Gasteiger partial charge < -0.3 is 24.3 Å². The first-order chi connectivity index (χ1) is 17.3. The standard InChI is InChI=1S/C28H28ClNO6/c1-15-6-8-16(9-7-15)28(32)30-20-12-10-18-23(17-11-13-22(33-2)21(31)14-19(17)20)25(34-3)27(36-5)26(35-4)24(18)29/h6-9,11,13-14,20H,10,12H2,1-5H3,(H,30,32)/t20-/m0/s1. The number of carbonyl (C=O) groups is 1. The molecule has 0 bridgehead atoms. The minimum Gasteiger partial charge on any atom is -0.493 e. The minimum absolute atomic E-state index is 0.179. The van der Waals surface area contributed by atoms with Crippen molar-refractivity contribution in [2.24, 2.45) is 0 Å². The second kappa shape index (κ2) is 10.5. The van der Waals surface area contributed by atoms with Gasteiger partial charge in [-0.2, -0.15) is 0 Å². The average molecular weight is 510 g/mol. The summed E-state index contributed by atoms with van der Waals surface area (Å²) in [6.07, 6.45) is 0.981. The molecule has 0 aliphatic heterocycles. The van der Waals surface area contributed by atoms with Crippen molar-refractivity contribution < 1.29 is 23.7 Å². The fraction of sp³-hybridized carbons (Fsp3) is 0.286. The van der Waals surface area contributed by atoms with E-state index in [4.69, 9.17) is 30.5 Å². The van der Waals surface area contributed by atoms with E-state index in [1.807, 2.05) is 19.1 Å². The van der Waals surface area contributed by atoms with Crippen molar-refractivity contribution in [2.75, 3.05) is 28.4 Å². The molecule has 3 aromatic carbocycles. The van der Waals surface area contributed by atoms with Crippen LogP contribution in [0, 0.1) is 6.92 Å². The van der Waals surface area contributed by atoms with Crippen LogP contribution in [0.3, 0.4) is 0 Å². The van der Waals surface area contributed by atoms with Crippen LogP contribution in [0.1, 0.15) is 39.5 Å². The number of aryl methyl sites for hydroxylation is 1. The number of fused-ring (bicyclic) bond motifs is 3. The Balaban J connectivity index is 1.97. The number of ether oxygens (including phenoxy) is 4. The number of methoxy groups -OCH3 is 4. The molecule has 0 unspecified atom stereocenters. The summed E-state index contributed by atoms with van der Waals surface area (Å²) in [6.45, 7) is 1.96. The maximum absolute atomic E-state index is 13.2. The van der Waals surface area contributed by atoms with Gasteiger partial charge >= 0.3 is 0 Å². The SMILES string of the molecule is COc1c(Cl)c2c(c(OC)c1OC)-c1ccc(OC)c(=O)cc1[C@@H](NC(=O)c1ccc(C)cc1)CC2. The second-order valence-corrected chi connectivity index (χ2v) is 8.86. The molecule has 0 fully saturated rings. The number of halogens is 1. The van der Waals surface area contributed by atoms with Gasteiger partial charge in [0.25, 0.3) is 5.91 Å². The number of hydrogen-bond acceptors (Lipinski definition) is 6.